The Morgan fingerprint density at radius 2 is 1.95 bits per heavy atom. The topological polar surface area (TPSA) is 61.8 Å². The van der Waals surface area contributed by atoms with Gasteiger partial charge >= 0.3 is 0 Å². The first-order chi connectivity index (χ1) is 9.29. The molecule has 0 bridgehead atoms. The van der Waals surface area contributed by atoms with E-state index in [4.69, 9.17) is 0 Å². The number of nitrogens with one attached hydrogen (secondary N) is 1. The summed E-state index contributed by atoms with van der Waals surface area (Å²) in [5, 5.41) is 10.4. The van der Waals surface area contributed by atoms with Crippen LogP contribution in [0.5, 0.6) is 5.75 Å². The third kappa shape index (κ3) is 1.67. The molecular weight excluding hydrogens is 258 g/mol. The number of rotatable bonds is 1. The van der Waals surface area contributed by atoms with Gasteiger partial charge in [0.05, 0.1) is 27.6 Å². The molecule has 0 saturated heterocycles. The monoisotopic (exact) mass is 267 g/mol. The second-order valence-electron chi connectivity index (χ2n) is 4.31. The minimum absolute atomic E-state index is 0.270. The highest BCUT2D eigenvalue weighted by Crippen LogP contribution is 2.32. The molecule has 0 spiro atoms. The fourth-order valence-corrected chi connectivity index (χ4v) is 3.10. The molecule has 0 amide bonds. The van der Waals surface area contributed by atoms with E-state index >= 15 is 0 Å². The van der Waals surface area contributed by atoms with Crippen LogP contribution in [0.4, 0.5) is 0 Å². The summed E-state index contributed by atoms with van der Waals surface area (Å²) in [4.78, 5) is 11.9. The van der Waals surface area contributed by atoms with E-state index in [9.17, 15) is 5.11 Å². The summed E-state index contributed by atoms with van der Waals surface area (Å²) >= 11 is 1.57. The van der Waals surface area contributed by atoms with Crippen LogP contribution in [0.2, 0.25) is 0 Å². The van der Waals surface area contributed by atoms with Gasteiger partial charge in [0.1, 0.15) is 10.8 Å². The Balaban J connectivity index is 1.92. The van der Waals surface area contributed by atoms with E-state index in [1.54, 1.807) is 29.8 Å². The second-order valence-corrected chi connectivity index (χ2v) is 5.34. The minimum atomic E-state index is 0.270. The van der Waals surface area contributed by atoms with Crippen LogP contribution in [0.1, 0.15) is 0 Å². The SMILES string of the molecule is Oc1ccc2nc(-c3ccc4nc[nH]c4c3)sc2c1. The van der Waals surface area contributed by atoms with Crippen LogP contribution in [0.3, 0.4) is 0 Å². The van der Waals surface area contributed by atoms with E-state index in [-0.39, 0.29) is 5.75 Å². The van der Waals surface area contributed by atoms with Crippen molar-refractivity contribution in [3.05, 3.63) is 42.7 Å². The molecule has 2 heterocycles. The van der Waals surface area contributed by atoms with Crippen LogP contribution < -0.4 is 0 Å². The van der Waals surface area contributed by atoms with Crippen LogP contribution in [0, 0.1) is 0 Å². The maximum Gasteiger partial charge on any atom is 0.124 e. The first-order valence-electron chi connectivity index (χ1n) is 5.83. The molecule has 0 atom stereocenters. The van der Waals surface area contributed by atoms with Gasteiger partial charge in [0.15, 0.2) is 0 Å². The third-order valence-electron chi connectivity index (χ3n) is 3.04. The molecule has 19 heavy (non-hydrogen) atoms. The number of aromatic nitrogens is 3. The first kappa shape index (κ1) is 10.5. The number of nitrogens with zero attached hydrogens (tertiary/aromatic N) is 2. The van der Waals surface area contributed by atoms with Gasteiger partial charge in [-0.05, 0) is 36.4 Å². The zero-order valence-electron chi connectivity index (χ0n) is 9.79. The van der Waals surface area contributed by atoms with Gasteiger partial charge in [-0.3, -0.25) is 0 Å². The van der Waals surface area contributed by atoms with Crippen molar-refractivity contribution in [1.29, 1.82) is 0 Å². The van der Waals surface area contributed by atoms with E-state index < -0.39 is 0 Å². The van der Waals surface area contributed by atoms with Crippen LogP contribution >= 0.6 is 11.3 Å². The van der Waals surface area contributed by atoms with Gasteiger partial charge in [-0.2, -0.15) is 0 Å². The van der Waals surface area contributed by atoms with Gasteiger partial charge in [-0.15, -0.1) is 11.3 Å². The molecule has 2 N–H and O–H groups in total. The summed E-state index contributed by atoms with van der Waals surface area (Å²) in [6.45, 7) is 0. The average molecular weight is 267 g/mol. The zero-order chi connectivity index (χ0) is 12.8. The first-order valence-corrected chi connectivity index (χ1v) is 6.64. The number of phenols is 1. The molecule has 5 heteroatoms. The van der Waals surface area contributed by atoms with Crippen molar-refractivity contribution in [3.8, 4) is 16.3 Å². The molecule has 0 radical (unpaired) electrons. The Hall–Kier alpha value is -2.40. The molecule has 0 aliphatic rings. The predicted octanol–water partition coefficient (Wildman–Crippen LogP) is 3.55. The van der Waals surface area contributed by atoms with Crippen molar-refractivity contribution in [3.63, 3.8) is 0 Å². The number of phenolic OH excluding ortho intramolecular Hbond substituents is 1. The second kappa shape index (κ2) is 3.80. The number of H-pyrrole nitrogens is 1. The Morgan fingerprint density at radius 1 is 1.05 bits per heavy atom. The highest BCUT2D eigenvalue weighted by molar-refractivity contribution is 7.21. The summed E-state index contributed by atoms with van der Waals surface area (Å²) in [6, 6.07) is 11.3. The molecule has 4 nitrogen and oxygen atoms in total. The highest BCUT2D eigenvalue weighted by Gasteiger charge is 2.08. The number of hydrogen-bond acceptors (Lipinski definition) is 4. The normalized spacial score (nSPS) is 11.4. The molecule has 2 aromatic carbocycles. The summed E-state index contributed by atoms with van der Waals surface area (Å²) in [6.07, 6.45) is 1.69. The van der Waals surface area contributed by atoms with Gasteiger partial charge in [0, 0.05) is 5.56 Å². The standard InChI is InChI=1S/C14H9N3OS/c18-9-2-4-11-13(6-9)19-14(17-11)8-1-3-10-12(5-8)16-7-15-10/h1-7,18H,(H,15,16). The maximum atomic E-state index is 9.49. The largest absolute Gasteiger partial charge is 0.508 e. The number of imidazole rings is 1. The zero-order valence-corrected chi connectivity index (χ0v) is 10.6. The summed E-state index contributed by atoms with van der Waals surface area (Å²) < 4.78 is 0.986. The molecule has 2 aromatic heterocycles. The van der Waals surface area contributed by atoms with E-state index in [0.29, 0.717) is 0 Å². The molecule has 4 rings (SSSR count). The maximum absolute atomic E-state index is 9.49. The molecule has 0 aliphatic carbocycles. The van der Waals surface area contributed by atoms with Gasteiger partial charge < -0.3 is 10.1 Å². The Kier molecular flexibility index (Phi) is 2.10. The van der Waals surface area contributed by atoms with Crippen molar-refractivity contribution < 1.29 is 5.11 Å². The number of hydrogen-bond donors (Lipinski definition) is 2. The molecule has 0 unspecified atom stereocenters. The van der Waals surface area contributed by atoms with Crippen LogP contribution in [0.15, 0.2) is 42.7 Å². The quantitative estimate of drug-likeness (QED) is 0.554. The number of aromatic hydroxyl groups is 1. The molecule has 0 aliphatic heterocycles. The summed E-state index contributed by atoms with van der Waals surface area (Å²) in [5.74, 6) is 0.270. The van der Waals surface area contributed by atoms with Gasteiger partial charge in [0.2, 0.25) is 0 Å². The number of thiazole rings is 1. The molecule has 92 valence electrons. The Morgan fingerprint density at radius 3 is 2.89 bits per heavy atom. The summed E-state index contributed by atoms with van der Waals surface area (Å²) in [5.41, 5.74) is 3.90. The molecular formula is C14H9N3OS. The predicted molar refractivity (Wildman–Crippen MR) is 76.4 cm³/mol. The van der Waals surface area contributed by atoms with E-state index in [2.05, 4.69) is 15.0 Å². The van der Waals surface area contributed by atoms with Crippen molar-refractivity contribution in [2.45, 2.75) is 0 Å². The minimum Gasteiger partial charge on any atom is -0.508 e. The van der Waals surface area contributed by atoms with Crippen molar-refractivity contribution in [1.82, 2.24) is 15.0 Å². The van der Waals surface area contributed by atoms with Crippen LogP contribution in [0.25, 0.3) is 31.8 Å². The lowest BCUT2D eigenvalue weighted by atomic mass is 10.2. The number of benzene rings is 2. The summed E-state index contributed by atoms with van der Waals surface area (Å²) in [7, 11) is 0. The average Bonchev–Trinajstić information content (AvgIpc) is 3.02. The lowest BCUT2D eigenvalue weighted by Gasteiger charge is -1.95. The van der Waals surface area contributed by atoms with Crippen molar-refractivity contribution in [2.24, 2.45) is 0 Å². The molecule has 0 saturated carbocycles. The Labute approximate surface area is 112 Å². The van der Waals surface area contributed by atoms with Crippen LogP contribution in [-0.2, 0) is 0 Å². The van der Waals surface area contributed by atoms with Crippen LogP contribution in [-0.4, -0.2) is 20.1 Å². The van der Waals surface area contributed by atoms with Crippen molar-refractivity contribution >= 4 is 32.6 Å². The fourth-order valence-electron chi connectivity index (χ4n) is 2.11. The fraction of sp³-hybridized carbons (Fsp3) is 0. The van der Waals surface area contributed by atoms with Gasteiger partial charge in [-0.25, -0.2) is 9.97 Å². The lowest BCUT2D eigenvalue weighted by Crippen LogP contribution is -1.76. The van der Waals surface area contributed by atoms with Gasteiger partial charge in [-0.1, -0.05) is 0 Å². The number of aromatic amines is 1. The third-order valence-corrected chi connectivity index (χ3v) is 4.11. The number of fused-ring (bicyclic) bond motifs is 2. The Bertz CT molecular complexity index is 894. The van der Waals surface area contributed by atoms with E-state index in [0.717, 1.165) is 31.8 Å². The molecule has 4 aromatic rings. The molecule has 0 fully saturated rings. The lowest BCUT2D eigenvalue weighted by molar-refractivity contribution is 0.476. The smallest absolute Gasteiger partial charge is 0.124 e. The van der Waals surface area contributed by atoms with Crippen molar-refractivity contribution in [2.75, 3.05) is 0 Å². The van der Waals surface area contributed by atoms with Gasteiger partial charge in [0.25, 0.3) is 0 Å². The van der Waals surface area contributed by atoms with E-state index in [1.165, 1.54) is 0 Å². The van der Waals surface area contributed by atoms with E-state index in [1.807, 2.05) is 24.3 Å². The highest BCUT2D eigenvalue weighted by atomic mass is 32.1.